The molecule has 8 heteroatoms. The molecule has 4 nitrogen and oxygen atoms in total. The van der Waals surface area contributed by atoms with E-state index >= 15 is 0 Å². The Hall–Kier alpha value is -2.87. The highest BCUT2D eigenvalue weighted by Gasteiger charge is 2.31. The molecule has 0 radical (unpaired) electrons. The Morgan fingerprint density at radius 3 is 2.50 bits per heavy atom. The van der Waals surface area contributed by atoms with Crippen LogP contribution in [-0.4, -0.2) is 14.6 Å². The molecule has 28 heavy (non-hydrogen) atoms. The van der Waals surface area contributed by atoms with E-state index in [1.807, 2.05) is 30.3 Å². The molecule has 0 aliphatic heterocycles. The molecule has 4 rings (SSSR count). The number of hydrogen-bond acceptors (Lipinski definition) is 3. The minimum absolute atomic E-state index is 0.269. The van der Waals surface area contributed by atoms with Crippen LogP contribution in [0, 0.1) is 0 Å². The number of aromatic nitrogens is 3. The Kier molecular flexibility index (Phi) is 4.80. The molecular formula is C20H13BrF3N3O. The molecule has 0 bridgehead atoms. The van der Waals surface area contributed by atoms with E-state index in [1.165, 1.54) is 10.5 Å². The first-order valence-corrected chi connectivity index (χ1v) is 9.10. The third-order valence-electron chi connectivity index (χ3n) is 4.15. The largest absolute Gasteiger partial charge is 0.488 e. The number of fused-ring (bicyclic) bond motifs is 1. The zero-order chi connectivity index (χ0) is 19.7. The van der Waals surface area contributed by atoms with Gasteiger partial charge in [0.2, 0.25) is 0 Å². The maximum atomic E-state index is 13.1. The zero-order valence-electron chi connectivity index (χ0n) is 14.3. The molecule has 2 heterocycles. The zero-order valence-corrected chi connectivity index (χ0v) is 15.9. The number of benzene rings is 2. The first kappa shape index (κ1) is 18.5. The minimum atomic E-state index is -4.46. The highest BCUT2D eigenvalue weighted by molar-refractivity contribution is 9.10. The van der Waals surface area contributed by atoms with Gasteiger partial charge in [-0.3, -0.25) is 4.40 Å². The maximum Gasteiger partial charge on any atom is 0.417 e. The summed E-state index contributed by atoms with van der Waals surface area (Å²) in [6.07, 6.45) is -3.47. The second-order valence-electron chi connectivity index (χ2n) is 6.08. The molecule has 0 amide bonds. The van der Waals surface area contributed by atoms with Gasteiger partial charge in [-0.1, -0.05) is 46.3 Å². The van der Waals surface area contributed by atoms with Crippen molar-refractivity contribution < 1.29 is 17.9 Å². The summed E-state index contributed by atoms with van der Waals surface area (Å²) in [4.78, 5) is 0. The standard InChI is InChI=1S/C20H13BrF3N3O/c21-15-7-8-17(28-12-13-4-2-1-3-5-13)16(10-15)19-26-25-18-9-6-14(11-27(18)19)20(22,23)24/h1-11H,12H2. The van der Waals surface area contributed by atoms with Crippen molar-refractivity contribution >= 4 is 21.6 Å². The topological polar surface area (TPSA) is 39.4 Å². The number of halogens is 4. The van der Waals surface area contributed by atoms with Gasteiger partial charge >= 0.3 is 6.18 Å². The van der Waals surface area contributed by atoms with Crippen molar-refractivity contribution in [2.75, 3.05) is 0 Å². The van der Waals surface area contributed by atoms with Crippen molar-refractivity contribution in [1.29, 1.82) is 0 Å². The lowest BCUT2D eigenvalue weighted by molar-refractivity contribution is -0.137. The van der Waals surface area contributed by atoms with Crippen LogP contribution in [0.5, 0.6) is 5.75 Å². The van der Waals surface area contributed by atoms with Crippen molar-refractivity contribution in [3.05, 3.63) is 82.5 Å². The van der Waals surface area contributed by atoms with Crippen LogP contribution < -0.4 is 4.74 Å². The van der Waals surface area contributed by atoms with Crippen LogP contribution in [0.2, 0.25) is 0 Å². The van der Waals surface area contributed by atoms with Crippen LogP contribution in [0.15, 0.2) is 71.3 Å². The molecule has 0 saturated heterocycles. The molecule has 0 fully saturated rings. The van der Waals surface area contributed by atoms with Crippen LogP contribution in [0.25, 0.3) is 17.0 Å². The van der Waals surface area contributed by atoms with Crippen molar-refractivity contribution in [1.82, 2.24) is 14.6 Å². The van der Waals surface area contributed by atoms with E-state index in [4.69, 9.17) is 4.74 Å². The molecule has 142 valence electrons. The third-order valence-corrected chi connectivity index (χ3v) is 4.64. The van der Waals surface area contributed by atoms with Crippen molar-refractivity contribution in [3.8, 4) is 17.1 Å². The van der Waals surface area contributed by atoms with E-state index in [9.17, 15) is 13.2 Å². The number of alkyl halides is 3. The lowest BCUT2D eigenvalue weighted by Gasteiger charge is -2.12. The SMILES string of the molecule is FC(F)(F)c1ccc2nnc(-c3cc(Br)ccc3OCc3ccccc3)n2c1. The molecule has 0 N–H and O–H groups in total. The second kappa shape index (κ2) is 7.27. The van der Waals surface area contributed by atoms with Crippen LogP contribution >= 0.6 is 15.9 Å². The molecule has 2 aromatic carbocycles. The molecule has 0 aliphatic rings. The summed E-state index contributed by atoms with van der Waals surface area (Å²) < 4.78 is 47.4. The van der Waals surface area contributed by atoms with Gasteiger partial charge in [-0.05, 0) is 35.9 Å². The average Bonchev–Trinajstić information content (AvgIpc) is 3.10. The highest BCUT2D eigenvalue weighted by Crippen LogP contribution is 2.34. The summed E-state index contributed by atoms with van der Waals surface area (Å²) in [5.74, 6) is 0.768. The van der Waals surface area contributed by atoms with Crippen LogP contribution in [-0.2, 0) is 12.8 Å². The summed E-state index contributed by atoms with van der Waals surface area (Å²) >= 11 is 3.40. The van der Waals surface area contributed by atoms with Crippen LogP contribution in [0.4, 0.5) is 13.2 Å². The summed E-state index contributed by atoms with van der Waals surface area (Å²) in [5, 5.41) is 8.07. The normalized spacial score (nSPS) is 11.7. The number of pyridine rings is 1. The summed E-state index contributed by atoms with van der Waals surface area (Å²) in [5.41, 5.74) is 1.05. The first-order chi connectivity index (χ1) is 13.4. The Labute approximate surface area is 166 Å². The van der Waals surface area contributed by atoms with Gasteiger partial charge in [-0.25, -0.2) is 0 Å². The van der Waals surface area contributed by atoms with Crippen molar-refractivity contribution in [2.24, 2.45) is 0 Å². The number of nitrogens with zero attached hydrogens (tertiary/aromatic N) is 3. The molecule has 0 saturated carbocycles. The smallest absolute Gasteiger partial charge is 0.417 e. The van der Waals surface area contributed by atoms with Gasteiger partial charge in [-0.15, -0.1) is 10.2 Å². The van der Waals surface area contributed by atoms with Gasteiger partial charge < -0.3 is 4.74 Å². The predicted molar refractivity (Wildman–Crippen MR) is 102 cm³/mol. The predicted octanol–water partition coefficient (Wildman–Crippen LogP) is 5.76. The van der Waals surface area contributed by atoms with E-state index in [0.29, 0.717) is 23.6 Å². The van der Waals surface area contributed by atoms with E-state index in [-0.39, 0.29) is 5.82 Å². The number of hydrogen-bond donors (Lipinski definition) is 0. The Bertz CT molecular complexity index is 1130. The summed E-state index contributed by atoms with van der Waals surface area (Å²) in [7, 11) is 0. The first-order valence-electron chi connectivity index (χ1n) is 8.30. The fourth-order valence-corrected chi connectivity index (χ4v) is 3.14. The Morgan fingerprint density at radius 1 is 0.964 bits per heavy atom. The van der Waals surface area contributed by atoms with Gasteiger partial charge in [0.05, 0.1) is 11.1 Å². The summed E-state index contributed by atoms with van der Waals surface area (Å²) in [6, 6.07) is 17.2. The van der Waals surface area contributed by atoms with E-state index < -0.39 is 11.7 Å². The molecule has 0 spiro atoms. The van der Waals surface area contributed by atoms with Crippen molar-refractivity contribution in [2.45, 2.75) is 12.8 Å². The number of rotatable bonds is 4. The van der Waals surface area contributed by atoms with Gasteiger partial charge in [-0.2, -0.15) is 13.2 Å². The van der Waals surface area contributed by atoms with Gasteiger partial charge in [0.1, 0.15) is 12.4 Å². The van der Waals surface area contributed by atoms with Gasteiger partial charge in [0, 0.05) is 10.7 Å². The van der Waals surface area contributed by atoms with E-state index in [2.05, 4.69) is 26.1 Å². The molecule has 0 atom stereocenters. The average molecular weight is 448 g/mol. The van der Waals surface area contributed by atoms with Crippen LogP contribution in [0.3, 0.4) is 0 Å². The Morgan fingerprint density at radius 2 is 1.75 bits per heavy atom. The van der Waals surface area contributed by atoms with Crippen molar-refractivity contribution in [3.63, 3.8) is 0 Å². The molecule has 4 aromatic rings. The van der Waals surface area contributed by atoms with Gasteiger partial charge in [0.15, 0.2) is 11.5 Å². The van der Waals surface area contributed by atoms with Crippen LogP contribution in [0.1, 0.15) is 11.1 Å². The minimum Gasteiger partial charge on any atom is -0.488 e. The number of ether oxygens (including phenoxy) is 1. The van der Waals surface area contributed by atoms with E-state index in [1.54, 1.807) is 18.2 Å². The third kappa shape index (κ3) is 3.73. The molecule has 0 aliphatic carbocycles. The summed E-state index contributed by atoms with van der Waals surface area (Å²) in [6.45, 7) is 0.319. The monoisotopic (exact) mass is 447 g/mol. The lowest BCUT2D eigenvalue weighted by atomic mass is 10.1. The quantitative estimate of drug-likeness (QED) is 0.399. The molecular weight excluding hydrogens is 435 g/mol. The van der Waals surface area contributed by atoms with E-state index in [0.717, 1.165) is 22.3 Å². The fraction of sp³-hybridized carbons (Fsp3) is 0.100. The maximum absolute atomic E-state index is 13.1. The Balaban J connectivity index is 1.77. The highest BCUT2D eigenvalue weighted by atomic mass is 79.9. The lowest BCUT2D eigenvalue weighted by Crippen LogP contribution is -2.06. The molecule has 0 unspecified atom stereocenters. The van der Waals surface area contributed by atoms with Gasteiger partial charge in [0.25, 0.3) is 0 Å². The molecule has 2 aromatic heterocycles. The fourth-order valence-electron chi connectivity index (χ4n) is 2.78. The second-order valence-corrected chi connectivity index (χ2v) is 7.00.